The maximum atomic E-state index is 6.04. The molecule has 0 aliphatic heterocycles. The van der Waals surface area contributed by atoms with E-state index in [4.69, 9.17) is 15.2 Å². The topological polar surface area (TPSA) is 70.3 Å². The molecule has 0 aliphatic rings. The number of nitrogens with two attached hydrogens (primary N) is 1. The second-order valence-electron chi connectivity index (χ2n) is 4.34. The number of methoxy groups -OCH3 is 1. The molecule has 0 spiro atoms. The summed E-state index contributed by atoms with van der Waals surface area (Å²) < 4.78 is 10.7. The lowest BCUT2D eigenvalue weighted by atomic mass is 10.3. The van der Waals surface area contributed by atoms with Crippen molar-refractivity contribution in [3.8, 4) is 11.6 Å². The van der Waals surface area contributed by atoms with Gasteiger partial charge >= 0.3 is 0 Å². The zero-order chi connectivity index (χ0) is 14.5. The van der Waals surface area contributed by atoms with Crippen LogP contribution in [0.1, 0.15) is 13.8 Å². The fourth-order valence-corrected chi connectivity index (χ4v) is 2.31. The van der Waals surface area contributed by atoms with Gasteiger partial charge in [0.15, 0.2) is 0 Å². The molecule has 0 fully saturated rings. The highest BCUT2D eigenvalue weighted by Gasteiger charge is 2.12. The lowest BCUT2D eigenvalue weighted by Gasteiger charge is -2.12. The molecule has 0 atom stereocenters. The number of hydrogen-bond donors (Lipinski definition) is 1. The minimum Gasteiger partial charge on any atom is -0.497 e. The van der Waals surface area contributed by atoms with Gasteiger partial charge < -0.3 is 15.2 Å². The Morgan fingerprint density at radius 3 is 2.45 bits per heavy atom. The molecule has 0 bridgehead atoms. The molecular weight excluding hydrogens is 274 g/mol. The first kappa shape index (κ1) is 14.5. The Morgan fingerprint density at radius 2 is 1.85 bits per heavy atom. The third kappa shape index (κ3) is 3.54. The summed E-state index contributed by atoms with van der Waals surface area (Å²) in [7, 11) is 1.64. The smallest absolute Gasteiger partial charge is 0.241 e. The average molecular weight is 291 g/mol. The monoisotopic (exact) mass is 291 g/mol. The first-order chi connectivity index (χ1) is 9.60. The van der Waals surface area contributed by atoms with E-state index in [-0.39, 0.29) is 6.10 Å². The Kier molecular flexibility index (Phi) is 4.68. The van der Waals surface area contributed by atoms with Gasteiger partial charge in [-0.25, -0.2) is 4.98 Å². The van der Waals surface area contributed by atoms with Crippen molar-refractivity contribution >= 4 is 17.4 Å². The number of ether oxygens (including phenoxy) is 2. The van der Waals surface area contributed by atoms with Gasteiger partial charge in [0.2, 0.25) is 5.88 Å². The summed E-state index contributed by atoms with van der Waals surface area (Å²) in [5, 5.41) is 0.681. The molecule has 1 heterocycles. The third-order valence-corrected chi connectivity index (χ3v) is 3.46. The van der Waals surface area contributed by atoms with Crippen LogP contribution in [0.2, 0.25) is 0 Å². The van der Waals surface area contributed by atoms with Crippen LogP contribution in [0.25, 0.3) is 0 Å². The van der Waals surface area contributed by atoms with Crippen LogP contribution in [0.5, 0.6) is 11.6 Å². The Bertz CT molecular complexity index is 573. The number of anilines is 1. The van der Waals surface area contributed by atoms with Crippen molar-refractivity contribution in [3.05, 3.63) is 30.6 Å². The molecule has 0 saturated heterocycles. The first-order valence-corrected chi connectivity index (χ1v) is 7.01. The quantitative estimate of drug-likeness (QED) is 0.854. The van der Waals surface area contributed by atoms with Gasteiger partial charge in [-0.2, -0.15) is 4.98 Å². The van der Waals surface area contributed by atoms with Gasteiger partial charge in [-0.3, -0.25) is 0 Å². The van der Waals surface area contributed by atoms with Gasteiger partial charge in [-0.05, 0) is 38.1 Å². The van der Waals surface area contributed by atoms with Crippen LogP contribution in [0, 0.1) is 0 Å². The molecule has 0 amide bonds. The normalized spacial score (nSPS) is 10.6. The van der Waals surface area contributed by atoms with Crippen LogP contribution in [0.3, 0.4) is 0 Å². The average Bonchev–Trinajstić information content (AvgIpc) is 2.43. The Labute approximate surface area is 122 Å². The van der Waals surface area contributed by atoms with Crippen LogP contribution in [-0.4, -0.2) is 23.2 Å². The molecule has 2 rings (SSSR count). The molecule has 0 saturated carbocycles. The highest BCUT2D eigenvalue weighted by molar-refractivity contribution is 7.99. The van der Waals surface area contributed by atoms with Gasteiger partial charge in [0.1, 0.15) is 22.8 Å². The Hall–Kier alpha value is -1.95. The van der Waals surface area contributed by atoms with E-state index in [0.29, 0.717) is 16.6 Å². The molecule has 20 heavy (non-hydrogen) atoms. The molecule has 106 valence electrons. The van der Waals surface area contributed by atoms with E-state index in [1.54, 1.807) is 7.11 Å². The zero-order valence-corrected chi connectivity index (χ0v) is 12.5. The molecule has 0 aliphatic carbocycles. The molecule has 1 aromatic heterocycles. The van der Waals surface area contributed by atoms with Crippen LogP contribution < -0.4 is 15.2 Å². The minimum absolute atomic E-state index is 0.0195. The molecular formula is C14H17N3O2S. The fourth-order valence-electron chi connectivity index (χ4n) is 1.52. The van der Waals surface area contributed by atoms with Crippen LogP contribution in [0.15, 0.2) is 40.5 Å². The third-order valence-electron chi connectivity index (χ3n) is 2.43. The summed E-state index contributed by atoms with van der Waals surface area (Å²) in [6.45, 7) is 3.86. The van der Waals surface area contributed by atoms with Gasteiger partial charge in [0.25, 0.3) is 0 Å². The van der Waals surface area contributed by atoms with E-state index >= 15 is 0 Å². The lowest BCUT2D eigenvalue weighted by molar-refractivity contribution is 0.233. The van der Waals surface area contributed by atoms with Crippen molar-refractivity contribution in [2.75, 3.05) is 12.8 Å². The molecule has 0 radical (unpaired) electrons. The second-order valence-corrected chi connectivity index (χ2v) is 5.40. The van der Waals surface area contributed by atoms with Crippen molar-refractivity contribution < 1.29 is 9.47 Å². The van der Waals surface area contributed by atoms with E-state index < -0.39 is 0 Å². The molecule has 6 heteroatoms. The summed E-state index contributed by atoms with van der Waals surface area (Å²) in [5.41, 5.74) is 6.50. The molecule has 2 N–H and O–H groups in total. The standard InChI is InChI=1S/C14H17N3O2S/c1-9(2)19-13-12(15)14(17-8-16-13)20-11-6-4-10(18-3)5-7-11/h4-9H,15H2,1-3H3. The van der Waals surface area contributed by atoms with Gasteiger partial charge in [0, 0.05) is 4.90 Å². The molecule has 2 aromatic rings. The van der Waals surface area contributed by atoms with Crippen molar-refractivity contribution in [2.45, 2.75) is 29.9 Å². The Morgan fingerprint density at radius 1 is 1.15 bits per heavy atom. The summed E-state index contributed by atoms with van der Waals surface area (Å²) >= 11 is 1.46. The largest absolute Gasteiger partial charge is 0.497 e. The van der Waals surface area contributed by atoms with E-state index in [9.17, 15) is 0 Å². The van der Waals surface area contributed by atoms with Crippen LogP contribution in [0.4, 0.5) is 5.69 Å². The number of aromatic nitrogens is 2. The summed E-state index contributed by atoms with van der Waals surface area (Å²) in [6, 6.07) is 7.69. The zero-order valence-electron chi connectivity index (χ0n) is 11.7. The minimum atomic E-state index is 0.0195. The van der Waals surface area contributed by atoms with Gasteiger partial charge in [0.05, 0.1) is 13.2 Å². The van der Waals surface area contributed by atoms with Gasteiger partial charge in [-0.15, -0.1) is 0 Å². The van der Waals surface area contributed by atoms with E-state index in [2.05, 4.69) is 9.97 Å². The first-order valence-electron chi connectivity index (χ1n) is 6.19. The highest BCUT2D eigenvalue weighted by atomic mass is 32.2. The lowest BCUT2D eigenvalue weighted by Crippen LogP contribution is -2.09. The maximum Gasteiger partial charge on any atom is 0.241 e. The fraction of sp³-hybridized carbons (Fsp3) is 0.286. The predicted octanol–water partition coefficient (Wildman–Crippen LogP) is 3.01. The van der Waals surface area contributed by atoms with Crippen LogP contribution in [-0.2, 0) is 0 Å². The van der Waals surface area contributed by atoms with Crippen molar-refractivity contribution in [2.24, 2.45) is 0 Å². The number of nitrogens with zero attached hydrogens (tertiary/aromatic N) is 2. The van der Waals surface area contributed by atoms with Crippen LogP contribution >= 0.6 is 11.8 Å². The van der Waals surface area contributed by atoms with Crippen molar-refractivity contribution in [3.63, 3.8) is 0 Å². The van der Waals surface area contributed by atoms with Gasteiger partial charge in [-0.1, -0.05) is 11.8 Å². The number of hydrogen-bond acceptors (Lipinski definition) is 6. The van der Waals surface area contributed by atoms with E-state index in [1.807, 2.05) is 38.1 Å². The van der Waals surface area contributed by atoms with Crippen molar-refractivity contribution in [1.29, 1.82) is 0 Å². The second kappa shape index (κ2) is 6.47. The SMILES string of the molecule is COc1ccc(Sc2ncnc(OC(C)C)c2N)cc1. The molecule has 0 unspecified atom stereocenters. The van der Waals surface area contributed by atoms with E-state index in [1.165, 1.54) is 18.1 Å². The summed E-state index contributed by atoms with van der Waals surface area (Å²) in [6.07, 6.45) is 1.48. The summed E-state index contributed by atoms with van der Waals surface area (Å²) in [5.74, 6) is 1.24. The molecule has 1 aromatic carbocycles. The van der Waals surface area contributed by atoms with Crippen molar-refractivity contribution in [1.82, 2.24) is 9.97 Å². The van der Waals surface area contributed by atoms with E-state index in [0.717, 1.165) is 10.6 Å². The number of rotatable bonds is 5. The molecule has 5 nitrogen and oxygen atoms in total. The predicted molar refractivity (Wildman–Crippen MR) is 79.3 cm³/mol. The summed E-state index contributed by atoms with van der Waals surface area (Å²) in [4.78, 5) is 9.28. The highest BCUT2D eigenvalue weighted by Crippen LogP contribution is 2.34. The number of nitrogen functional groups attached to an aromatic ring is 1. The maximum absolute atomic E-state index is 6.04. The number of benzene rings is 1. The Balaban J connectivity index is 2.20.